The highest BCUT2D eigenvalue weighted by Crippen LogP contribution is 2.26. The van der Waals surface area contributed by atoms with Crippen molar-refractivity contribution in [3.63, 3.8) is 0 Å². The van der Waals surface area contributed by atoms with E-state index < -0.39 is 11.0 Å². The van der Waals surface area contributed by atoms with Crippen molar-refractivity contribution in [1.29, 1.82) is 0 Å². The highest BCUT2D eigenvalue weighted by atomic mass is 32.2. The maximum Gasteiger partial charge on any atom is 0.115 e. The first kappa shape index (κ1) is 11.6. The first-order valence-corrected chi connectivity index (χ1v) is 6.75. The van der Waals surface area contributed by atoms with Crippen LogP contribution in [0, 0.1) is 0 Å². The summed E-state index contributed by atoms with van der Waals surface area (Å²) in [7, 11) is -0.968. The molecule has 1 aliphatic rings. The molecule has 0 bridgehead atoms. The number of hydrogen-bond acceptors (Lipinski definition) is 2. The molecule has 1 aromatic carbocycles. The zero-order valence-electron chi connectivity index (χ0n) is 9.56. The number of phenolic OH excluding ortho intramolecular Hbond substituents is 1. The average Bonchev–Trinajstić information content (AvgIpc) is 2.58. The second-order valence-electron chi connectivity index (χ2n) is 4.52. The number of hydrogen-bond donors (Lipinski definition) is 2. The van der Waals surface area contributed by atoms with Crippen molar-refractivity contribution in [3.05, 3.63) is 29.3 Å². The molecule has 88 valence electrons. The van der Waals surface area contributed by atoms with Gasteiger partial charge in [-0.1, -0.05) is 6.07 Å². The van der Waals surface area contributed by atoms with Gasteiger partial charge in [-0.3, -0.25) is 0 Å². The molecule has 0 saturated carbocycles. The van der Waals surface area contributed by atoms with Crippen molar-refractivity contribution < 1.29 is 9.32 Å². The van der Waals surface area contributed by atoms with Gasteiger partial charge in [-0.15, -0.1) is 0 Å². The summed E-state index contributed by atoms with van der Waals surface area (Å²) in [4.78, 5) is 0. The molecule has 2 N–H and O–H groups in total. The van der Waals surface area contributed by atoms with Gasteiger partial charge in [0.05, 0.1) is 11.0 Å². The molecule has 0 spiro atoms. The van der Waals surface area contributed by atoms with Crippen molar-refractivity contribution in [2.75, 3.05) is 0 Å². The third kappa shape index (κ3) is 2.44. The minimum absolute atomic E-state index is 0.136. The summed E-state index contributed by atoms with van der Waals surface area (Å²) in [6, 6.07) is 5.70. The fourth-order valence-electron chi connectivity index (χ4n) is 1.99. The van der Waals surface area contributed by atoms with E-state index in [0.717, 1.165) is 12.8 Å². The van der Waals surface area contributed by atoms with Crippen LogP contribution in [0.25, 0.3) is 0 Å². The predicted molar refractivity (Wildman–Crippen MR) is 65.7 cm³/mol. The molecule has 0 aromatic heterocycles. The van der Waals surface area contributed by atoms with Crippen LogP contribution in [0.4, 0.5) is 0 Å². The lowest BCUT2D eigenvalue weighted by Gasteiger charge is -2.13. The lowest BCUT2D eigenvalue weighted by molar-refractivity contribution is 0.474. The van der Waals surface area contributed by atoms with E-state index in [1.807, 2.05) is 19.9 Å². The van der Waals surface area contributed by atoms with Gasteiger partial charge < -0.3 is 5.11 Å². The van der Waals surface area contributed by atoms with Crippen LogP contribution in [0.3, 0.4) is 0 Å². The van der Waals surface area contributed by atoms with Gasteiger partial charge in [0.2, 0.25) is 0 Å². The molecular formula is C12H17NO2S. The summed E-state index contributed by atoms with van der Waals surface area (Å²) in [6.07, 6.45) is 1.75. The van der Waals surface area contributed by atoms with E-state index in [4.69, 9.17) is 0 Å². The van der Waals surface area contributed by atoms with Gasteiger partial charge in [0.25, 0.3) is 0 Å². The molecule has 0 heterocycles. The molecule has 0 fully saturated rings. The van der Waals surface area contributed by atoms with E-state index in [0.29, 0.717) is 5.75 Å². The van der Waals surface area contributed by atoms with Gasteiger partial charge in [-0.05, 0) is 49.9 Å². The van der Waals surface area contributed by atoms with Crippen LogP contribution in [0.2, 0.25) is 0 Å². The first-order valence-electron chi connectivity index (χ1n) is 5.54. The fraction of sp³-hybridized carbons (Fsp3) is 0.500. The van der Waals surface area contributed by atoms with Gasteiger partial charge in [-0.25, -0.2) is 8.93 Å². The predicted octanol–water partition coefficient (Wildman–Crippen LogP) is 1.52. The highest BCUT2D eigenvalue weighted by Gasteiger charge is 2.23. The lowest BCUT2D eigenvalue weighted by atomic mass is 10.1. The van der Waals surface area contributed by atoms with E-state index >= 15 is 0 Å². The number of benzene rings is 1. The lowest BCUT2D eigenvalue weighted by Crippen LogP contribution is -2.34. The van der Waals surface area contributed by atoms with Crippen LogP contribution in [0.1, 0.15) is 25.0 Å². The molecule has 1 unspecified atom stereocenters. The maximum absolute atomic E-state index is 11.7. The summed E-state index contributed by atoms with van der Waals surface area (Å²) in [5.41, 5.74) is 2.41. The van der Waals surface area contributed by atoms with Crippen LogP contribution >= 0.6 is 0 Å². The quantitative estimate of drug-likeness (QED) is 0.840. The molecule has 0 amide bonds. The number of phenols is 1. The van der Waals surface area contributed by atoms with E-state index in [2.05, 4.69) is 4.72 Å². The Morgan fingerprint density at radius 3 is 2.75 bits per heavy atom. The Kier molecular flexibility index (Phi) is 3.30. The van der Waals surface area contributed by atoms with Crippen LogP contribution < -0.4 is 4.72 Å². The highest BCUT2D eigenvalue weighted by molar-refractivity contribution is 7.83. The molecule has 0 radical (unpaired) electrons. The van der Waals surface area contributed by atoms with Crippen molar-refractivity contribution >= 4 is 11.0 Å². The summed E-state index contributed by atoms with van der Waals surface area (Å²) in [6.45, 7) is 3.88. The molecule has 2 rings (SSSR count). The molecule has 4 heteroatoms. The smallest absolute Gasteiger partial charge is 0.115 e. The molecule has 3 nitrogen and oxygen atoms in total. The van der Waals surface area contributed by atoms with Crippen molar-refractivity contribution in [3.8, 4) is 5.75 Å². The zero-order valence-corrected chi connectivity index (χ0v) is 10.4. The van der Waals surface area contributed by atoms with Crippen molar-refractivity contribution in [1.82, 2.24) is 4.72 Å². The van der Waals surface area contributed by atoms with Crippen LogP contribution in [0.15, 0.2) is 18.2 Å². The Balaban J connectivity index is 2.03. The van der Waals surface area contributed by atoms with Crippen molar-refractivity contribution in [2.45, 2.75) is 38.0 Å². The van der Waals surface area contributed by atoms with E-state index in [9.17, 15) is 9.32 Å². The van der Waals surface area contributed by atoms with Gasteiger partial charge in [-0.2, -0.15) is 0 Å². The minimum Gasteiger partial charge on any atom is -0.508 e. The molecule has 0 aliphatic heterocycles. The average molecular weight is 239 g/mol. The normalized spacial score (nSPS) is 21.1. The Morgan fingerprint density at radius 2 is 2.06 bits per heavy atom. The van der Waals surface area contributed by atoms with Gasteiger partial charge in [0.15, 0.2) is 0 Å². The molecule has 2 atom stereocenters. The topological polar surface area (TPSA) is 49.3 Å². The van der Waals surface area contributed by atoms with Gasteiger partial charge >= 0.3 is 0 Å². The molecule has 16 heavy (non-hydrogen) atoms. The molecule has 0 saturated heterocycles. The Morgan fingerprint density at radius 1 is 1.38 bits per heavy atom. The van der Waals surface area contributed by atoms with E-state index in [1.54, 1.807) is 12.1 Å². The number of fused-ring (bicyclic) bond motifs is 1. The second kappa shape index (κ2) is 4.55. The number of aromatic hydroxyl groups is 1. The van der Waals surface area contributed by atoms with Crippen LogP contribution in [-0.2, 0) is 23.8 Å². The summed E-state index contributed by atoms with van der Waals surface area (Å²) >= 11 is 0. The monoisotopic (exact) mass is 239 g/mol. The summed E-state index contributed by atoms with van der Waals surface area (Å²) < 4.78 is 14.8. The zero-order chi connectivity index (χ0) is 11.7. The van der Waals surface area contributed by atoms with E-state index in [1.165, 1.54) is 11.1 Å². The third-order valence-corrected chi connectivity index (χ3v) is 4.26. The number of rotatable bonds is 3. The maximum atomic E-state index is 11.7. The fourth-order valence-corrected chi connectivity index (χ4v) is 2.76. The molecule has 1 aliphatic carbocycles. The molecule has 1 aromatic rings. The largest absolute Gasteiger partial charge is 0.508 e. The Labute approximate surface area is 98.5 Å². The molecular weight excluding hydrogens is 222 g/mol. The second-order valence-corrected chi connectivity index (χ2v) is 6.30. The van der Waals surface area contributed by atoms with Gasteiger partial charge in [0.1, 0.15) is 5.75 Å². The minimum atomic E-state index is -0.968. The Hall–Kier alpha value is -0.870. The number of nitrogens with one attached hydrogen (secondary N) is 1. The van der Waals surface area contributed by atoms with Gasteiger partial charge in [0, 0.05) is 11.3 Å². The summed E-state index contributed by atoms with van der Waals surface area (Å²) in [5.74, 6) is 0.310. The third-order valence-electron chi connectivity index (χ3n) is 2.83. The van der Waals surface area contributed by atoms with Crippen molar-refractivity contribution in [2.24, 2.45) is 0 Å². The van der Waals surface area contributed by atoms with Crippen LogP contribution in [-0.4, -0.2) is 20.6 Å². The standard InChI is InChI=1S/C12H17NO2S/c1-8(2)16(15)13-11-5-9-3-4-12(14)7-10(9)6-11/h3-4,7-8,11,13-14H,5-6H2,1-2H3/t11-,16?/m0/s1. The first-order chi connectivity index (χ1) is 7.56. The summed E-state index contributed by atoms with van der Waals surface area (Å²) in [5, 5.41) is 9.51. The SMILES string of the molecule is CC(C)S(=O)N[C@H]1Cc2ccc(O)cc2C1. The van der Waals surface area contributed by atoms with Crippen LogP contribution in [0.5, 0.6) is 5.75 Å². The Bertz CT molecular complexity index is 417. The van der Waals surface area contributed by atoms with E-state index in [-0.39, 0.29) is 11.3 Å².